The highest BCUT2D eigenvalue weighted by Gasteiger charge is 2.39. The van der Waals surface area contributed by atoms with Crippen LogP contribution in [0.4, 0.5) is 0 Å². The number of carboxylic acids is 1. The third-order valence-electron chi connectivity index (χ3n) is 2.08. The zero-order valence-corrected chi connectivity index (χ0v) is 10.6. The summed E-state index contributed by atoms with van der Waals surface area (Å²) in [4.78, 5) is 20.6. The Morgan fingerprint density at radius 3 is 2.12 bits per heavy atom. The second kappa shape index (κ2) is 6.56. The van der Waals surface area contributed by atoms with Crippen LogP contribution in [0.5, 0.6) is 0 Å². The van der Waals surface area contributed by atoms with Crippen molar-refractivity contribution in [2.75, 3.05) is 0 Å². The largest absolute Gasteiger partial charge is 0.479 e. The van der Waals surface area contributed by atoms with E-state index >= 15 is 0 Å². The van der Waals surface area contributed by atoms with E-state index in [1.165, 1.54) is 0 Å². The molecule has 2 unspecified atom stereocenters. The van der Waals surface area contributed by atoms with Gasteiger partial charge in [-0.15, -0.1) is 0 Å². The molecular weight excluding hydrogens is 228 g/mol. The number of carbonyl (C=O) groups is 2. The van der Waals surface area contributed by atoms with Gasteiger partial charge in [-0.3, -0.25) is 0 Å². The molecule has 100 valence electrons. The van der Waals surface area contributed by atoms with Crippen molar-refractivity contribution in [2.24, 2.45) is 0 Å². The van der Waals surface area contributed by atoms with Gasteiger partial charge in [-0.05, 0) is 12.8 Å². The fraction of sp³-hybridized carbons (Fsp3) is 0.818. The van der Waals surface area contributed by atoms with Gasteiger partial charge in [0.2, 0.25) is 5.79 Å². The van der Waals surface area contributed by atoms with Crippen molar-refractivity contribution >= 4 is 11.9 Å². The fourth-order valence-corrected chi connectivity index (χ4v) is 1.15. The molecule has 0 saturated carbocycles. The van der Waals surface area contributed by atoms with Gasteiger partial charge in [-0.25, -0.2) is 9.59 Å². The highest BCUT2D eigenvalue weighted by molar-refractivity contribution is 5.76. The van der Waals surface area contributed by atoms with Crippen molar-refractivity contribution in [1.29, 1.82) is 0 Å². The first kappa shape index (κ1) is 15.9. The summed E-state index contributed by atoms with van der Waals surface area (Å²) in [6.45, 7) is 6.98. The number of esters is 1. The van der Waals surface area contributed by atoms with Gasteiger partial charge in [0, 0.05) is 13.8 Å². The highest BCUT2D eigenvalue weighted by Crippen LogP contribution is 2.24. The van der Waals surface area contributed by atoms with E-state index in [0.29, 0.717) is 6.42 Å². The summed E-state index contributed by atoms with van der Waals surface area (Å²) < 4.78 is 10.1. The Hall–Kier alpha value is -1.14. The monoisotopic (exact) mass is 248 g/mol. The minimum Gasteiger partial charge on any atom is -0.479 e. The van der Waals surface area contributed by atoms with Gasteiger partial charge < -0.3 is 19.7 Å². The van der Waals surface area contributed by atoms with E-state index in [1.54, 1.807) is 20.8 Å². The average molecular weight is 248 g/mol. The molecule has 2 N–H and O–H groups in total. The highest BCUT2D eigenvalue weighted by atomic mass is 16.8. The number of carboxylic acid groups (broad SMARTS) is 1. The minimum absolute atomic E-state index is 0.243. The van der Waals surface area contributed by atoms with Crippen molar-refractivity contribution in [3.05, 3.63) is 0 Å². The maximum absolute atomic E-state index is 10.9. The predicted molar refractivity (Wildman–Crippen MR) is 59.3 cm³/mol. The molecule has 0 radical (unpaired) electrons. The van der Waals surface area contributed by atoms with Gasteiger partial charge in [0.1, 0.15) is 0 Å². The van der Waals surface area contributed by atoms with Gasteiger partial charge in [0.05, 0.1) is 0 Å². The Morgan fingerprint density at radius 1 is 1.47 bits per heavy atom. The fourth-order valence-electron chi connectivity index (χ4n) is 1.15. The van der Waals surface area contributed by atoms with Crippen LogP contribution in [0.1, 0.15) is 40.5 Å². The van der Waals surface area contributed by atoms with Crippen molar-refractivity contribution < 1.29 is 29.3 Å². The molecule has 0 aromatic rings. The number of carbonyl (C=O) groups excluding carboxylic acids is 1. The van der Waals surface area contributed by atoms with Crippen LogP contribution in [-0.2, 0) is 19.1 Å². The number of aliphatic carboxylic acids is 1. The van der Waals surface area contributed by atoms with Gasteiger partial charge in [0.15, 0.2) is 12.2 Å². The number of ether oxygens (including phenoxy) is 2. The lowest BCUT2D eigenvalue weighted by molar-refractivity contribution is -0.160. The van der Waals surface area contributed by atoms with Gasteiger partial charge >= 0.3 is 11.9 Å². The number of hydrogen-bond acceptors (Lipinski definition) is 5. The topological polar surface area (TPSA) is 93.1 Å². The SMILES string of the molecule is CCC(O)C(=O)O.CCC1OC(C)(C)OC1=O. The smallest absolute Gasteiger partial charge is 0.337 e. The molecule has 0 bridgehead atoms. The number of aliphatic hydroxyl groups is 1. The van der Waals surface area contributed by atoms with Crippen LogP contribution in [0.2, 0.25) is 0 Å². The molecule has 0 aliphatic carbocycles. The molecule has 0 spiro atoms. The van der Waals surface area contributed by atoms with Crippen molar-refractivity contribution in [3.63, 3.8) is 0 Å². The molecule has 1 heterocycles. The molecule has 1 aliphatic rings. The van der Waals surface area contributed by atoms with Crippen molar-refractivity contribution in [2.45, 2.75) is 58.5 Å². The molecule has 1 aliphatic heterocycles. The number of aliphatic hydroxyl groups excluding tert-OH is 1. The van der Waals surface area contributed by atoms with Crippen LogP contribution in [0.15, 0.2) is 0 Å². The van der Waals surface area contributed by atoms with Crippen molar-refractivity contribution in [3.8, 4) is 0 Å². The molecule has 17 heavy (non-hydrogen) atoms. The minimum atomic E-state index is -1.18. The molecule has 1 fully saturated rings. The van der Waals surface area contributed by atoms with Gasteiger partial charge in [-0.2, -0.15) is 0 Å². The van der Waals surface area contributed by atoms with Crippen LogP contribution in [0.25, 0.3) is 0 Å². The summed E-state index contributed by atoms with van der Waals surface area (Å²) >= 11 is 0. The molecule has 6 nitrogen and oxygen atoms in total. The zero-order chi connectivity index (χ0) is 13.6. The molecule has 0 aromatic heterocycles. The maximum atomic E-state index is 10.9. The number of hydrogen-bond donors (Lipinski definition) is 2. The first-order valence-electron chi connectivity index (χ1n) is 5.55. The van der Waals surface area contributed by atoms with Crippen molar-refractivity contribution in [1.82, 2.24) is 0 Å². The van der Waals surface area contributed by atoms with E-state index in [1.807, 2.05) is 6.92 Å². The lowest BCUT2D eigenvalue weighted by atomic mass is 10.3. The van der Waals surface area contributed by atoms with Crippen LogP contribution in [0, 0.1) is 0 Å². The summed E-state index contributed by atoms with van der Waals surface area (Å²) in [5, 5.41) is 16.3. The van der Waals surface area contributed by atoms with E-state index < -0.39 is 17.9 Å². The molecule has 1 saturated heterocycles. The van der Waals surface area contributed by atoms with E-state index in [4.69, 9.17) is 19.7 Å². The summed E-state index contributed by atoms with van der Waals surface area (Å²) in [5.74, 6) is -2.10. The first-order chi connectivity index (χ1) is 7.73. The molecule has 0 amide bonds. The molecule has 1 rings (SSSR count). The van der Waals surface area contributed by atoms with Crippen LogP contribution in [0.3, 0.4) is 0 Å². The van der Waals surface area contributed by atoms with Crippen LogP contribution in [-0.4, -0.2) is 40.1 Å². The maximum Gasteiger partial charge on any atom is 0.337 e. The summed E-state index contributed by atoms with van der Waals surface area (Å²) in [6, 6.07) is 0. The van der Waals surface area contributed by atoms with E-state index in [-0.39, 0.29) is 18.5 Å². The summed E-state index contributed by atoms with van der Waals surface area (Å²) in [7, 11) is 0. The van der Waals surface area contributed by atoms with E-state index in [2.05, 4.69) is 0 Å². The Labute approximate surface area is 101 Å². The Bertz CT molecular complexity index is 273. The molecular formula is C11H20O6. The second-order valence-electron chi connectivity index (χ2n) is 4.10. The molecule has 2 atom stereocenters. The van der Waals surface area contributed by atoms with E-state index in [0.717, 1.165) is 0 Å². The Morgan fingerprint density at radius 2 is 2.00 bits per heavy atom. The van der Waals surface area contributed by atoms with Gasteiger partial charge in [-0.1, -0.05) is 13.8 Å². The number of rotatable bonds is 3. The predicted octanol–water partition coefficient (Wildman–Crippen LogP) is 0.916. The lowest BCUT2D eigenvalue weighted by Gasteiger charge is -2.14. The van der Waals surface area contributed by atoms with Crippen LogP contribution >= 0.6 is 0 Å². The zero-order valence-electron chi connectivity index (χ0n) is 10.6. The first-order valence-corrected chi connectivity index (χ1v) is 5.55. The normalized spacial score (nSPS) is 23.4. The lowest BCUT2D eigenvalue weighted by Crippen LogP contribution is -2.21. The quantitative estimate of drug-likeness (QED) is 0.721. The third kappa shape index (κ3) is 5.65. The Kier molecular flexibility index (Phi) is 6.12. The van der Waals surface area contributed by atoms with Gasteiger partial charge in [0.25, 0.3) is 0 Å². The Balaban J connectivity index is 0.000000325. The summed E-state index contributed by atoms with van der Waals surface area (Å²) in [5.41, 5.74) is 0. The van der Waals surface area contributed by atoms with E-state index in [9.17, 15) is 9.59 Å². The molecule has 0 aromatic carbocycles. The third-order valence-corrected chi connectivity index (χ3v) is 2.08. The standard InChI is InChI=1S/C7H12O3.C4H8O3/c1-4-5-6(8)10-7(2,3)9-5;1-2-3(5)4(6)7/h5H,4H2,1-3H3;3,5H,2H2,1H3,(H,6,7). The molecule has 6 heteroatoms. The second-order valence-corrected chi connectivity index (χ2v) is 4.10. The van der Waals surface area contributed by atoms with Crippen LogP contribution < -0.4 is 0 Å². The number of cyclic esters (lactones) is 1. The average Bonchev–Trinajstić information content (AvgIpc) is 2.51. The summed E-state index contributed by atoms with van der Waals surface area (Å²) in [6.07, 6.45) is -0.576.